The van der Waals surface area contributed by atoms with Crippen LogP contribution in [-0.4, -0.2) is 16.5 Å². The van der Waals surface area contributed by atoms with Crippen molar-refractivity contribution in [3.05, 3.63) is 59.6 Å². The number of pyridine rings is 1. The number of hydrogen-bond donors (Lipinski definition) is 0. The molecule has 102 valence electrons. The third kappa shape index (κ3) is 2.42. The van der Waals surface area contributed by atoms with E-state index in [4.69, 9.17) is 21.1 Å². The molecule has 3 aromatic rings. The van der Waals surface area contributed by atoms with E-state index in [1.54, 1.807) is 7.11 Å². The number of methoxy groups -OCH3 is 1. The van der Waals surface area contributed by atoms with E-state index in [9.17, 15) is 0 Å². The highest BCUT2D eigenvalue weighted by molar-refractivity contribution is 6.28. The number of halogens is 1. The van der Waals surface area contributed by atoms with Crippen LogP contribution < -0.4 is 9.47 Å². The van der Waals surface area contributed by atoms with Crippen LogP contribution in [-0.2, 0) is 6.61 Å². The minimum absolute atomic E-state index is 0.355. The second-order valence-corrected chi connectivity index (χ2v) is 4.59. The number of hydrogen-bond acceptors (Lipinski definition) is 3. The van der Waals surface area contributed by atoms with Crippen molar-refractivity contribution in [1.82, 2.24) is 9.38 Å². The zero-order valence-corrected chi connectivity index (χ0v) is 11.7. The molecule has 0 bridgehead atoms. The summed E-state index contributed by atoms with van der Waals surface area (Å²) in [7, 11) is 1.63. The summed E-state index contributed by atoms with van der Waals surface area (Å²) in [6.07, 6.45) is 1.87. The molecule has 0 radical (unpaired) electrons. The number of rotatable bonds is 4. The molecule has 0 saturated heterocycles. The lowest BCUT2D eigenvalue weighted by molar-refractivity contribution is 0.301. The Hall–Kier alpha value is -2.20. The monoisotopic (exact) mass is 288 g/mol. The first kappa shape index (κ1) is 12.8. The van der Waals surface area contributed by atoms with E-state index >= 15 is 0 Å². The second-order valence-electron chi connectivity index (χ2n) is 4.25. The minimum Gasteiger partial charge on any atom is -0.497 e. The molecule has 0 aliphatic heterocycles. The van der Waals surface area contributed by atoms with Gasteiger partial charge in [-0.15, -0.1) is 0 Å². The van der Waals surface area contributed by atoms with E-state index in [0.29, 0.717) is 11.9 Å². The van der Waals surface area contributed by atoms with E-state index in [0.717, 1.165) is 22.7 Å². The van der Waals surface area contributed by atoms with Gasteiger partial charge in [0, 0.05) is 12.3 Å². The fourth-order valence-electron chi connectivity index (χ4n) is 2.01. The highest BCUT2D eigenvalue weighted by Gasteiger charge is 2.09. The second kappa shape index (κ2) is 5.43. The van der Waals surface area contributed by atoms with Gasteiger partial charge in [0.15, 0.2) is 0 Å². The maximum atomic E-state index is 6.08. The van der Waals surface area contributed by atoms with E-state index in [1.165, 1.54) is 0 Å². The summed E-state index contributed by atoms with van der Waals surface area (Å²) in [5.74, 6) is 1.49. The molecule has 0 unspecified atom stereocenters. The van der Waals surface area contributed by atoms with Gasteiger partial charge in [0.25, 0.3) is 0 Å². The van der Waals surface area contributed by atoms with Gasteiger partial charge in [0.05, 0.1) is 12.6 Å². The lowest BCUT2D eigenvalue weighted by Gasteiger charge is -2.06. The molecule has 0 aliphatic carbocycles. The summed E-state index contributed by atoms with van der Waals surface area (Å²) >= 11 is 6.08. The topological polar surface area (TPSA) is 35.8 Å². The zero-order valence-electron chi connectivity index (χ0n) is 10.9. The van der Waals surface area contributed by atoms with Gasteiger partial charge in [0.2, 0.25) is 5.28 Å². The summed E-state index contributed by atoms with van der Waals surface area (Å²) in [5, 5.41) is 0.435. The highest BCUT2D eigenvalue weighted by Crippen LogP contribution is 2.22. The lowest BCUT2D eigenvalue weighted by atomic mass is 10.3. The highest BCUT2D eigenvalue weighted by atomic mass is 35.5. The number of ether oxygens (including phenoxy) is 2. The predicted octanol–water partition coefficient (Wildman–Crippen LogP) is 3.58. The van der Waals surface area contributed by atoms with Crippen molar-refractivity contribution in [2.24, 2.45) is 0 Å². The largest absolute Gasteiger partial charge is 0.497 e. The van der Waals surface area contributed by atoms with E-state index in [1.807, 2.05) is 53.1 Å². The van der Waals surface area contributed by atoms with Gasteiger partial charge < -0.3 is 9.47 Å². The van der Waals surface area contributed by atoms with E-state index < -0.39 is 0 Å². The first-order chi connectivity index (χ1) is 9.78. The normalized spacial score (nSPS) is 10.7. The Morgan fingerprint density at radius 1 is 1.15 bits per heavy atom. The molecular weight excluding hydrogens is 276 g/mol. The molecule has 0 spiro atoms. The summed E-state index contributed by atoms with van der Waals surface area (Å²) in [4.78, 5) is 4.32. The molecule has 2 aromatic heterocycles. The van der Waals surface area contributed by atoms with Crippen LogP contribution >= 0.6 is 11.6 Å². The summed E-state index contributed by atoms with van der Waals surface area (Å²) in [6, 6.07) is 13.3. The van der Waals surface area contributed by atoms with Crippen LogP contribution in [0.4, 0.5) is 0 Å². The van der Waals surface area contributed by atoms with Crippen molar-refractivity contribution < 1.29 is 9.47 Å². The molecule has 3 rings (SSSR count). The predicted molar refractivity (Wildman–Crippen MR) is 77.5 cm³/mol. The molecule has 4 nitrogen and oxygen atoms in total. The molecular formula is C15H13ClN2O2. The molecule has 0 fully saturated rings. The average molecular weight is 289 g/mol. The van der Waals surface area contributed by atoms with Crippen LogP contribution in [0.25, 0.3) is 5.52 Å². The van der Waals surface area contributed by atoms with E-state index in [-0.39, 0.29) is 0 Å². The van der Waals surface area contributed by atoms with Crippen LogP contribution in [0.3, 0.4) is 0 Å². The summed E-state index contributed by atoms with van der Waals surface area (Å²) < 4.78 is 12.7. The fourth-order valence-corrected chi connectivity index (χ4v) is 2.26. The molecule has 2 heterocycles. The van der Waals surface area contributed by atoms with Crippen LogP contribution in [0.2, 0.25) is 5.28 Å². The zero-order chi connectivity index (χ0) is 13.9. The minimum atomic E-state index is 0.355. The number of aromatic nitrogens is 2. The Balaban J connectivity index is 1.83. The van der Waals surface area contributed by atoms with Crippen molar-refractivity contribution in [2.75, 3.05) is 7.11 Å². The third-order valence-corrected chi connectivity index (χ3v) is 3.26. The van der Waals surface area contributed by atoms with Gasteiger partial charge in [-0.25, -0.2) is 4.98 Å². The number of nitrogens with zero attached hydrogens (tertiary/aromatic N) is 2. The van der Waals surface area contributed by atoms with Crippen LogP contribution in [0, 0.1) is 0 Å². The van der Waals surface area contributed by atoms with E-state index in [2.05, 4.69) is 4.98 Å². The Labute approximate surface area is 121 Å². The molecule has 0 atom stereocenters. The maximum Gasteiger partial charge on any atom is 0.207 e. The molecule has 0 aliphatic rings. The quantitative estimate of drug-likeness (QED) is 0.736. The molecule has 0 amide bonds. The lowest BCUT2D eigenvalue weighted by Crippen LogP contribution is -1.97. The Kier molecular flexibility index (Phi) is 3.48. The number of fused-ring (bicyclic) bond motifs is 1. The molecule has 0 saturated carbocycles. The molecule has 1 aromatic carbocycles. The Morgan fingerprint density at radius 2 is 2.00 bits per heavy atom. The molecule has 0 N–H and O–H groups in total. The van der Waals surface area contributed by atoms with Crippen molar-refractivity contribution >= 4 is 17.1 Å². The van der Waals surface area contributed by atoms with Gasteiger partial charge in [0.1, 0.15) is 23.8 Å². The van der Waals surface area contributed by atoms with Crippen molar-refractivity contribution in [3.63, 3.8) is 0 Å². The fraction of sp³-hybridized carbons (Fsp3) is 0.133. The van der Waals surface area contributed by atoms with Crippen LogP contribution in [0.15, 0.2) is 48.7 Å². The van der Waals surface area contributed by atoms with Gasteiger partial charge in [-0.2, -0.15) is 0 Å². The van der Waals surface area contributed by atoms with Crippen molar-refractivity contribution in [1.29, 1.82) is 0 Å². The first-order valence-electron chi connectivity index (χ1n) is 6.16. The third-order valence-electron chi connectivity index (χ3n) is 3.00. The molecule has 20 heavy (non-hydrogen) atoms. The Bertz CT molecular complexity index is 740. The smallest absolute Gasteiger partial charge is 0.207 e. The first-order valence-corrected chi connectivity index (χ1v) is 6.54. The van der Waals surface area contributed by atoms with Crippen molar-refractivity contribution in [3.8, 4) is 11.5 Å². The van der Waals surface area contributed by atoms with Gasteiger partial charge in [-0.3, -0.25) is 4.40 Å². The standard InChI is InChI=1S/C15H13ClN2O2/c1-19-11-5-4-6-12(9-11)20-10-13-14-7-2-3-8-18(14)15(16)17-13/h2-9H,10H2,1H3. The number of imidazole rings is 1. The van der Waals surface area contributed by atoms with Crippen molar-refractivity contribution in [2.45, 2.75) is 6.61 Å². The summed E-state index contributed by atoms with van der Waals surface area (Å²) in [6.45, 7) is 0.355. The molecule has 5 heteroatoms. The van der Waals surface area contributed by atoms with Gasteiger partial charge in [-0.05, 0) is 35.9 Å². The summed E-state index contributed by atoms with van der Waals surface area (Å²) in [5.41, 5.74) is 1.75. The Morgan fingerprint density at radius 3 is 2.85 bits per heavy atom. The number of benzene rings is 1. The SMILES string of the molecule is COc1cccc(OCc2nc(Cl)n3ccccc23)c1. The van der Waals surface area contributed by atoms with Crippen LogP contribution in [0.1, 0.15) is 5.69 Å². The maximum absolute atomic E-state index is 6.08. The average Bonchev–Trinajstić information content (AvgIpc) is 2.82. The van der Waals surface area contributed by atoms with Gasteiger partial charge >= 0.3 is 0 Å². The van der Waals surface area contributed by atoms with Gasteiger partial charge in [-0.1, -0.05) is 12.1 Å². The van der Waals surface area contributed by atoms with Crippen LogP contribution in [0.5, 0.6) is 11.5 Å².